The molecule has 2 heterocycles. The van der Waals surface area contributed by atoms with E-state index in [2.05, 4.69) is 29.4 Å². The number of nitrogens with one attached hydrogen (secondary N) is 2. The largest absolute Gasteiger partial charge is 0.353 e. The van der Waals surface area contributed by atoms with Crippen molar-refractivity contribution in [3.8, 4) is 0 Å². The van der Waals surface area contributed by atoms with Crippen LogP contribution < -0.4 is 5.32 Å². The second-order valence-electron chi connectivity index (χ2n) is 8.22. The fraction of sp³-hybridized carbons (Fsp3) is 0.550. The summed E-state index contributed by atoms with van der Waals surface area (Å²) >= 11 is 0. The third-order valence-electron chi connectivity index (χ3n) is 5.92. The van der Waals surface area contributed by atoms with E-state index in [0.29, 0.717) is 12.3 Å². The maximum atomic E-state index is 12.5. The summed E-state index contributed by atoms with van der Waals surface area (Å²) in [6.45, 7) is 5.66. The third kappa shape index (κ3) is 3.32. The molecule has 1 aliphatic carbocycles. The van der Waals surface area contributed by atoms with Gasteiger partial charge in [-0.1, -0.05) is 19.9 Å². The van der Waals surface area contributed by atoms with Gasteiger partial charge in [-0.2, -0.15) is 5.10 Å². The molecule has 2 N–H and O–H groups in total. The van der Waals surface area contributed by atoms with Crippen molar-refractivity contribution in [3.05, 3.63) is 30.0 Å². The first-order valence-electron chi connectivity index (χ1n) is 9.45. The van der Waals surface area contributed by atoms with E-state index in [1.54, 1.807) is 6.20 Å². The van der Waals surface area contributed by atoms with Crippen LogP contribution in [0.1, 0.15) is 38.7 Å². The lowest BCUT2D eigenvalue weighted by Gasteiger charge is -2.38. The molecule has 2 aliphatic rings. The van der Waals surface area contributed by atoms with Crippen molar-refractivity contribution in [2.45, 2.75) is 45.6 Å². The van der Waals surface area contributed by atoms with Crippen LogP contribution in [0.4, 0.5) is 0 Å². The molecule has 0 spiro atoms. The number of H-pyrrole nitrogens is 1. The van der Waals surface area contributed by atoms with E-state index >= 15 is 0 Å². The van der Waals surface area contributed by atoms with Crippen LogP contribution in [0.25, 0.3) is 10.9 Å². The zero-order valence-electron chi connectivity index (χ0n) is 15.4. The molecule has 6 heteroatoms. The zero-order valence-corrected chi connectivity index (χ0v) is 15.4. The quantitative estimate of drug-likeness (QED) is 0.884. The standard InChI is InChI=1S/C20H26N4O2/c1-13-12-24(19(26)20(2)6-7-20)8-5-16(13)22-18(25)10-14-3-4-17-15(9-14)11-21-23-17/h3-4,9,11,13,16H,5-8,10,12H2,1-2H3,(H,21,23)(H,22,25). The molecule has 26 heavy (non-hydrogen) atoms. The molecule has 1 aromatic heterocycles. The van der Waals surface area contributed by atoms with Gasteiger partial charge in [-0.3, -0.25) is 14.7 Å². The molecule has 1 aliphatic heterocycles. The molecular weight excluding hydrogens is 328 g/mol. The van der Waals surface area contributed by atoms with Gasteiger partial charge in [-0.15, -0.1) is 0 Å². The Morgan fingerprint density at radius 1 is 1.38 bits per heavy atom. The minimum absolute atomic E-state index is 0.0404. The Morgan fingerprint density at radius 2 is 2.19 bits per heavy atom. The Kier molecular flexibility index (Phi) is 4.21. The second kappa shape index (κ2) is 6.41. The van der Waals surface area contributed by atoms with Crippen molar-refractivity contribution in [2.24, 2.45) is 11.3 Å². The van der Waals surface area contributed by atoms with Crippen LogP contribution in [-0.4, -0.2) is 46.0 Å². The summed E-state index contributed by atoms with van der Waals surface area (Å²) in [5, 5.41) is 11.1. The third-order valence-corrected chi connectivity index (χ3v) is 5.92. The number of hydrogen-bond acceptors (Lipinski definition) is 3. The number of hydrogen-bond donors (Lipinski definition) is 2. The average Bonchev–Trinajstić information content (AvgIpc) is 3.19. The number of fused-ring (bicyclic) bond motifs is 1. The average molecular weight is 354 g/mol. The van der Waals surface area contributed by atoms with Crippen molar-refractivity contribution >= 4 is 22.7 Å². The van der Waals surface area contributed by atoms with E-state index in [-0.39, 0.29) is 23.3 Å². The molecule has 2 atom stereocenters. The van der Waals surface area contributed by atoms with Crippen LogP contribution in [0.3, 0.4) is 0 Å². The SMILES string of the molecule is CC1CN(C(=O)C2(C)CC2)CCC1NC(=O)Cc1ccc2[nH]ncc2c1. The highest BCUT2D eigenvalue weighted by atomic mass is 16.2. The van der Waals surface area contributed by atoms with Crippen molar-refractivity contribution in [3.63, 3.8) is 0 Å². The van der Waals surface area contributed by atoms with Crippen LogP contribution in [-0.2, 0) is 16.0 Å². The topological polar surface area (TPSA) is 78.1 Å². The molecule has 1 saturated carbocycles. The van der Waals surface area contributed by atoms with Gasteiger partial charge in [0, 0.05) is 29.9 Å². The van der Waals surface area contributed by atoms with Gasteiger partial charge in [0.1, 0.15) is 0 Å². The summed E-state index contributed by atoms with van der Waals surface area (Å²) in [7, 11) is 0. The monoisotopic (exact) mass is 354 g/mol. The number of benzene rings is 1. The Morgan fingerprint density at radius 3 is 2.92 bits per heavy atom. The van der Waals surface area contributed by atoms with E-state index in [0.717, 1.165) is 48.8 Å². The predicted octanol–water partition coefficient (Wildman–Crippen LogP) is 2.26. The van der Waals surface area contributed by atoms with Crippen molar-refractivity contribution in [1.82, 2.24) is 20.4 Å². The Labute approximate surface area is 153 Å². The number of piperidine rings is 1. The first-order chi connectivity index (χ1) is 12.4. The van der Waals surface area contributed by atoms with Gasteiger partial charge in [0.15, 0.2) is 0 Å². The second-order valence-corrected chi connectivity index (χ2v) is 8.22. The highest BCUT2D eigenvalue weighted by Crippen LogP contribution is 2.47. The summed E-state index contributed by atoms with van der Waals surface area (Å²) in [5.41, 5.74) is 1.85. The van der Waals surface area contributed by atoms with Crippen LogP contribution in [0.5, 0.6) is 0 Å². The van der Waals surface area contributed by atoms with Gasteiger partial charge in [-0.25, -0.2) is 0 Å². The molecule has 2 fully saturated rings. The smallest absolute Gasteiger partial charge is 0.228 e. The van der Waals surface area contributed by atoms with Crippen LogP contribution in [0, 0.1) is 11.3 Å². The van der Waals surface area contributed by atoms with Crippen LogP contribution in [0.15, 0.2) is 24.4 Å². The van der Waals surface area contributed by atoms with E-state index < -0.39 is 0 Å². The molecular formula is C20H26N4O2. The minimum atomic E-state index is -0.110. The van der Waals surface area contributed by atoms with E-state index in [1.807, 2.05) is 23.1 Å². The normalized spacial score (nSPS) is 24.5. The molecule has 0 bridgehead atoms. The zero-order chi connectivity index (χ0) is 18.3. The Hall–Kier alpha value is -2.37. The summed E-state index contributed by atoms with van der Waals surface area (Å²) in [5.74, 6) is 0.608. The maximum Gasteiger partial charge on any atom is 0.228 e. The van der Waals surface area contributed by atoms with E-state index in [1.165, 1.54) is 0 Å². The summed E-state index contributed by atoms with van der Waals surface area (Å²) < 4.78 is 0. The van der Waals surface area contributed by atoms with Crippen LogP contribution >= 0.6 is 0 Å². The van der Waals surface area contributed by atoms with E-state index in [9.17, 15) is 9.59 Å². The lowest BCUT2D eigenvalue weighted by Crippen LogP contribution is -2.52. The molecule has 6 nitrogen and oxygen atoms in total. The number of carbonyl (C=O) groups is 2. The Bertz CT molecular complexity index is 839. The number of aromatic nitrogens is 2. The van der Waals surface area contributed by atoms with Crippen molar-refractivity contribution < 1.29 is 9.59 Å². The highest BCUT2D eigenvalue weighted by Gasteiger charge is 2.48. The van der Waals surface area contributed by atoms with Gasteiger partial charge in [-0.05, 0) is 42.9 Å². The van der Waals surface area contributed by atoms with Gasteiger partial charge in [0.25, 0.3) is 0 Å². The highest BCUT2D eigenvalue weighted by molar-refractivity contribution is 5.85. The van der Waals surface area contributed by atoms with Gasteiger partial charge in [0.05, 0.1) is 18.1 Å². The molecule has 0 radical (unpaired) electrons. The lowest BCUT2D eigenvalue weighted by molar-refractivity contribution is -0.138. The first kappa shape index (κ1) is 17.1. The molecule has 2 amide bonds. The minimum Gasteiger partial charge on any atom is -0.353 e. The van der Waals surface area contributed by atoms with Gasteiger partial charge >= 0.3 is 0 Å². The predicted molar refractivity (Wildman–Crippen MR) is 99.4 cm³/mol. The number of nitrogens with zero attached hydrogens (tertiary/aromatic N) is 2. The molecule has 138 valence electrons. The molecule has 1 saturated heterocycles. The number of rotatable bonds is 4. The first-order valence-corrected chi connectivity index (χ1v) is 9.45. The maximum absolute atomic E-state index is 12.5. The fourth-order valence-electron chi connectivity index (χ4n) is 3.87. The molecule has 2 aromatic rings. The number of aromatic amines is 1. The van der Waals surface area contributed by atoms with Gasteiger partial charge < -0.3 is 10.2 Å². The number of likely N-dealkylation sites (tertiary alicyclic amines) is 1. The van der Waals surface area contributed by atoms with E-state index in [4.69, 9.17) is 0 Å². The van der Waals surface area contributed by atoms with Gasteiger partial charge in [0.2, 0.25) is 11.8 Å². The Balaban J connectivity index is 1.32. The van der Waals surface area contributed by atoms with Crippen LogP contribution in [0.2, 0.25) is 0 Å². The molecule has 4 rings (SSSR count). The number of amides is 2. The summed E-state index contributed by atoms with van der Waals surface area (Å²) in [4.78, 5) is 27.0. The fourth-order valence-corrected chi connectivity index (χ4v) is 3.87. The number of carbonyl (C=O) groups excluding carboxylic acids is 2. The summed E-state index contributed by atoms with van der Waals surface area (Å²) in [6.07, 6.45) is 4.99. The van der Waals surface area contributed by atoms with Crippen molar-refractivity contribution in [2.75, 3.05) is 13.1 Å². The molecule has 1 aromatic carbocycles. The molecule has 2 unspecified atom stereocenters. The van der Waals surface area contributed by atoms with Crippen molar-refractivity contribution in [1.29, 1.82) is 0 Å². The lowest BCUT2D eigenvalue weighted by atomic mass is 9.92. The summed E-state index contributed by atoms with van der Waals surface area (Å²) in [6, 6.07) is 6.05.